The third kappa shape index (κ3) is 6.00. The van der Waals surface area contributed by atoms with Gasteiger partial charge in [0.15, 0.2) is 5.65 Å². The van der Waals surface area contributed by atoms with Crippen LogP contribution in [0.1, 0.15) is 24.0 Å². The molecule has 7 heteroatoms. The molecule has 1 atom stereocenters. The Balaban J connectivity index is 1.13. The molecule has 0 spiro atoms. The van der Waals surface area contributed by atoms with E-state index in [2.05, 4.69) is 86.7 Å². The van der Waals surface area contributed by atoms with E-state index in [1.807, 2.05) is 47.1 Å². The summed E-state index contributed by atoms with van der Waals surface area (Å²) in [4.78, 5) is 7.47. The second kappa shape index (κ2) is 11.6. The van der Waals surface area contributed by atoms with Crippen LogP contribution in [0.5, 0.6) is 11.5 Å². The van der Waals surface area contributed by atoms with Crippen LogP contribution in [0.2, 0.25) is 0 Å². The Hall–Kier alpha value is -3.68. The van der Waals surface area contributed by atoms with Crippen molar-refractivity contribution in [1.82, 2.24) is 19.5 Å². The fourth-order valence-electron chi connectivity index (χ4n) is 5.36. The van der Waals surface area contributed by atoms with Gasteiger partial charge in [-0.15, -0.1) is 0 Å². The number of aryl methyl sites for hydroxylation is 1. The molecule has 1 saturated heterocycles. The van der Waals surface area contributed by atoms with E-state index in [-0.39, 0.29) is 0 Å². The number of hydrogen-bond acceptors (Lipinski definition) is 5. The number of halogens is 1. The zero-order valence-corrected chi connectivity index (χ0v) is 23.6. The Bertz CT molecular complexity index is 1570. The summed E-state index contributed by atoms with van der Waals surface area (Å²) in [6.07, 6.45) is 4.22. The quantitative estimate of drug-likeness (QED) is 0.204. The van der Waals surface area contributed by atoms with Crippen LogP contribution in [0.25, 0.3) is 16.9 Å². The van der Waals surface area contributed by atoms with Crippen molar-refractivity contribution < 1.29 is 4.74 Å². The summed E-state index contributed by atoms with van der Waals surface area (Å²) >= 11 is 3.63. The Morgan fingerprint density at radius 3 is 2.67 bits per heavy atom. The van der Waals surface area contributed by atoms with E-state index < -0.39 is 0 Å². The Morgan fingerprint density at radius 1 is 0.974 bits per heavy atom. The molecule has 1 unspecified atom stereocenters. The van der Waals surface area contributed by atoms with Crippen molar-refractivity contribution in [2.24, 2.45) is 5.92 Å². The Kier molecular flexibility index (Phi) is 7.61. The minimum absolute atomic E-state index is 0.548. The molecule has 1 N–H and O–H groups in total. The predicted octanol–water partition coefficient (Wildman–Crippen LogP) is 7.58. The molecule has 0 amide bonds. The molecule has 1 aliphatic heterocycles. The topological polar surface area (TPSA) is 54.7 Å². The van der Waals surface area contributed by atoms with Gasteiger partial charge in [-0.3, -0.25) is 4.90 Å². The summed E-state index contributed by atoms with van der Waals surface area (Å²) in [6, 6.07) is 28.9. The number of rotatable bonds is 8. The number of piperidine rings is 1. The number of likely N-dealkylation sites (tertiary alicyclic amines) is 1. The van der Waals surface area contributed by atoms with Gasteiger partial charge in [-0.25, -0.2) is 4.98 Å². The zero-order valence-electron chi connectivity index (χ0n) is 22.1. The van der Waals surface area contributed by atoms with Gasteiger partial charge in [0, 0.05) is 31.3 Å². The third-order valence-corrected chi connectivity index (χ3v) is 7.87. The van der Waals surface area contributed by atoms with Crippen molar-refractivity contribution in [1.29, 1.82) is 0 Å². The van der Waals surface area contributed by atoms with Crippen molar-refractivity contribution in [3.63, 3.8) is 0 Å². The number of hydrogen-bond donors (Lipinski definition) is 1. The van der Waals surface area contributed by atoms with Gasteiger partial charge in [-0.2, -0.15) is 9.61 Å². The molecule has 6 nitrogen and oxygen atoms in total. The van der Waals surface area contributed by atoms with E-state index in [4.69, 9.17) is 9.72 Å². The molecule has 2 aromatic heterocycles. The summed E-state index contributed by atoms with van der Waals surface area (Å²) < 4.78 is 8.84. The first kappa shape index (κ1) is 25.6. The fourth-order valence-corrected chi connectivity index (χ4v) is 5.71. The standard InChI is InChI=1S/C32H32BrN5O/c1-23-9-5-6-15-28(23)30-18-31(38-32(36-30)29(33)20-35-38)34-19-25-11-8-16-37(22-25)21-24-10-7-14-27(17-24)39-26-12-3-2-4-13-26/h2-7,9-10,12-15,17-18,20,25,34H,8,11,16,19,21-22H2,1H3. The SMILES string of the molecule is Cc1ccccc1-c1cc(NCC2CCCN(Cc3cccc(Oc4ccccc4)c3)C2)n2ncc(Br)c2n1. The van der Waals surface area contributed by atoms with Crippen molar-refractivity contribution >= 4 is 27.4 Å². The van der Waals surface area contributed by atoms with E-state index in [1.165, 1.54) is 24.0 Å². The molecule has 0 aliphatic carbocycles. The van der Waals surface area contributed by atoms with Gasteiger partial charge < -0.3 is 10.1 Å². The number of fused-ring (bicyclic) bond motifs is 1. The predicted molar refractivity (Wildman–Crippen MR) is 160 cm³/mol. The van der Waals surface area contributed by atoms with E-state index in [1.54, 1.807) is 0 Å². The van der Waals surface area contributed by atoms with Crippen LogP contribution < -0.4 is 10.1 Å². The number of para-hydroxylation sites is 1. The number of benzene rings is 3. The molecule has 1 aliphatic rings. The lowest BCUT2D eigenvalue weighted by molar-refractivity contribution is 0.173. The Morgan fingerprint density at radius 2 is 1.79 bits per heavy atom. The lowest BCUT2D eigenvalue weighted by Crippen LogP contribution is -2.37. The molecule has 39 heavy (non-hydrogen) atoms. The van der Waals surface area contributed by atoms with Gasteiger partial charge in [0.25, 0.3) is 0 Å². The third-order valence-electron chi connectivity index (χ3n) is 7.31. The summed E-state index contributed by atoms with van der Waals surface area (Å²) in [5, 5.41) is 8.28. The number of nitrogens with one attached hydrogen (secondary N) is 1. The monoisotopic (exact) mass is 581 g/mol. The molecule has 0 saturated carbocycles. The van der Waals surface area contributed by atoms with E-state index >= 15 is 0 Å². The van der Waals surface area contributed by atoms with Crippen LogP contribution in [0.15, 0.2) is 95.6 Å². The second-order valence-electron chi connectivity index (χ2n) is 10.3. The van der Waals surface area contributed by atoms with Gasteiger partial charge in [-0.1, -0.05) is 54.6 Å². The van der Waals surface area contributed by atoms with Crippen LogP contribution in [0.3, 0.4) is 0 Å². The average molecular weight is 583 g/mol. The van der Waals surface area contributed by atoms with Crippen molar-refractivity contribution in [2.75, 3.05) is 25.0 Å². The second-order valence-corrected chi connectivity index (χ2v) is 11.1. The first-order valence-corrected chi connectivity index (χ1v) is 14.3. The largest absolute Gasteiger partial charge is 0.457 e. The molecule has 0 bridgehead atoms. The molecule has 5 aromatic rings. The van der Waals surface area contributed by atoms with Crippen molar-refractivity contribution in [3.05, 3.63) is 107 Å². The van der Waals surface area contributed by atoms with Crippen LogP contribution in [0.4, 0.5) is 5.82 Å². The van der Waals surface area contributed by atoms with Gasteiger partial charge in [0.1, 0.15) is 17.3 Å². The maximum atomic E-state index is 6.06. The maximum absolute atomic E-state index is 6.06. The van der Waals surface area contributed by atoms with Gasteiger partial charge >= 0.3 is 0 Å². The number of aromatic nitrogens is 3. The number of ether oxygens (including phenoxy) is 1. The molecule has 198 valence electrons. The van der Waals surface area contributed by atoms with E-state index in [9.17, 15) is 0 Å². The summed E-state index contributed by atoms with van der Waals surface area (Å²) in [5.74, 6) is 3.25. The van der Waals surface area contributed by atoms with Crippen LogP contribution in [-0.4, -0.2) is 39.1 Å². The molecule has 3 aromatic carbocycles. The highest BCUT2D eigenvalue weighted by Crippen LogP contribution is 2.29. The fraction of sp³-hybridized carbons (Fsp3) is 0.250. The molecule has 1 fully saturated rings. The van der Waals surface area contributed by atoms with Crippen LogP contribution in [0, 0.1) is 12.8 Å². The molecule has 3 heterocycles. The lowest BCUT2D eigenvalue weighted by Gasteiger charge is -2.33. The van der Waals surface area contributed by atoms with Crippen molar-refractivity contribution in [3.8, 4) is 22.8 Å². The highest BCUT2D eigenvalue weighted by molar-refractivity contribution is 9.10. The molecular weight excluding hydrogens is 550 g/mol. The van der Waals surface area contributed by atoms with Gasteiger partial charge in [0.05, 0.1) is 16.4 Å². The summed E-state index contributed by atoms with van der Waals surface area (Å²) in [7, 11) is 0. The first-order chi connectivity index (χ1) is 19.1. The average Bonchev–Trinajstić information content (AvgIpc) is 3.33. The van der Waals surface area contributed by atoms with Crippen molar-refractivity contribution in [2.45, 2.75) is 26.3 Å². The smallest absolute Gasteiger partial charge is 0.172 e. The molecule has 0 radical (unpaired) electrons. The van der Waals surface area contributed by atoms with Gasteiger partial charge in [0.2, 0.25) is 0 Å². The normalized spacial score (nSPS) is 15.9. The summed E-state index contributed by atoms with van der Waals surface area (Å²) in [6.45, 7) is 6.10. The maximum Gasteiger partial charge on any atom is 0.172 e. The first-order valence-electron chi connectivity index (χ1n) is 13.5. The van der Waals surface area contributed by atoms with Crippen LogP contribution in [-0.2, 0) is 6.54 Å². The summed E-state index contributed by atoms with van der Waals surface area (Å²) in [5.41, 5.74) is 5.39. The minimum atomic E-state index is 0.548. The molecule has 6 rings (SSSR count). The van der Waals surface area contributed by atoms with E-state index in [0.717, 1.165) is 64.9 Å². The van der Waals surface area contributed by atoms with Gasteiger partial charge in [-0.05, 0) is 83.6 Å². The zero-order chi connectivity index (χ0) is 26.6. The number of anilines is 1. The highest BCUT2D eigenvalue weighted by Gasteiger charge is 2.21. The minimum Gasteiger partial charge on any atom is -0.457 e. The highest BCUT2D eigenvalue weighted by atomic mass is 79.9. The van der Waals surface area contributed by atoms with E-state index in [0.29, 0.717) is 5.92 Å². The lowest BCUT2D eigenvalue weighted by atomic mass is 9.97. The van der Waals surface area contributed by atoms with Crippen LogP contribution >= 0.6 is 15.9 Å². The number of nitrogens with zero attached hydrogens (tertiary/aromatic N) is 4. The molecular formula is C32H32BrN5O. The Labute approximate surface area is 237 Å².